The van der Waals surface area contributed by atoms with Crippen LogP contribution in [0.5, 0.6) is 0 Å². The molecule has 2 rings (SSSR count). The van der Waals surface area contributed by atoms with Gasteiger partial charge in [0.05, 0.1) is 12.2 Å². The van der Waals surface area contributed by atoms with E-state index in [1.54, 1.807) is 0 Å². The number of aryl methyl sites for hydroxylation is 1. The van der Waals surface area contributed by atoms with Crippen molar-refractivity contribution >= 4 is 0 Å². The van der Waals surface area contributed by atoms with E-state index in [1.165, 1.54) is 31.2 Å². The van der Waals surface area contributed by atoms with Gasteiger partial charge in [0.2, 0.25) is 0 Å². The topological polar surface area (TPSA) is 47.1 Å². The highest BCUT2D eigenvalue weighted by molar-refractivity contribution is 5.18. The zero-order valence-corrected chi connectivity index (χ0v) is 11.2. The Hall–Kier alpha value is -0.870. The second-order valence-corrected chi connectivity index (χ2v) is 5.31. The van der Waals surface area contributed by atoms with Gasteiger partial charge in [0.25, 0.3) is 0 Å². The molecule has 2 N–H and O–H groups in total. The van der Waals surface area contributed by atoms with E-state index < -0.39 is 0 Å². The largest absolute Gasteiger partial charge is 0.322 e. The first-order valence-corrected chi connectivity index (χ1v) is 6.55. The molecule has 1 aliphatic carbocycles. The van der Waals surface area contributed by atoms with Gasteiger partial charge in [0, 0.05) is 23.8 Å². The van der Waals surface area contributed by atoms with Crippen LogP contribution >= 0.6 is 0 Å². The van der Waals surface area contributed by atoms with Crippen molar-refractivity contribution in [3.63, 3.8) is 0 Å². The van der Waals surface area contributed by atoms with Crippen LogP contribution in [-0.2, 0) is 6.54 Å². The minimum atomic E-state index is 0.0697. The minimum Gasteiger partial charge on any atom is -0.322 e. The summed E-state index contributed by atoms with van der Waals surface area (Å²) in [4.78, 5) is 2.31. The Morgan fingerprint density at radius 2 is 2.12 bits per heavy atom. The molecule has 0 aliphatic heterocycles. The molecule has 0 spiro atoms. The lowest BCUT2D eigenvalue weighted by atomic mass is 9.84. The Morgan fingerprint density at radius 3 is 2.59 bits per heavy atom. The lowest BCUT2D eigenvalue weighted by Crippen LogP contribution is -2.50. The Labute approximate surface area is 104 Å². The van der Waals surface area contributed by atoms with Gasteiger partial charge in [-0.05, 0) is 33.9 Å². The third-order valence-electron chi connectivity index (χ3n) is 4.28. The molecule has 1 aromatic heterocycles. The summed E-state index contributed by atoms with van der Waals surface area (Å²) in [5.74, 6) is 0. The van der Waals surface area contributed by atoms with Gasteiger partial charge in [-0.15, -0.1) is 0 Å². The summed E-state index contributed by atoms with van der Waals surface area (Å²) in [5, 5.41) is 4.34. The molecule has 0 radical (unpaired) electrons. The third-order valence-corrected chi connectivity index (χ3v) is 4.28. The monoisotopic (exact) mass is 236 g/mol. The number of rotatable bonds is 4. The quantitative estimate of drug-likeness (QED) is 0.867. The molecule has 4 heteroatoms. The second kappa shape index (κ2) is 4.78. The van der Waals surface area contributed by atoms with Crippen LogP contribution in [-0.4, -0.2) is 34.3 Å². The fraction of sp³-hybridized carbons (Fsp3) is 0.769. The molecule has 0 saturated heterocycles. The molecule has 1 unspecified atom stereocenters. The van der Waals surface area contributed by atoms with Crippen LogP contribution in [0.3, 0.4) is 0 Å². The molecule has 1 heterocycles. The second-order valence-electron chi connectivity index (χ2n) is 5.31. The van der Waals surface area contributed by atoms with Gasteiger partial charge in [0.15, 0.2) is 0 Å². The molecule has 96 valence electrons. The van der Waals surface area contributed by atoms with Gasteiger partial charge in [-0.3, -0.25) is 4.68 Å². The fourth-order valence-corrected chi connectivity index (χ4v) is 3.05. The third kappa shape index (κ3) is 2.11. The van der Waals surface area contributed by atoms with Gasteiger partial charge in [-0.25, -0.2) is 0 Å². The number of hydrogen-bond acceptors (Lipinski definition) is 3. The van der Waals surface area contributed by atoms with Crippen LogP contribution in [0, 0.1) is 0 Å². The van der Waals surface area contributed by atoms with E-state index in [-0.39, 0.29) is 11.6 Å². The van der Waals surface area contributed by atoms with Crippen LogP contribution in [0.25, 0.3) is 0 Å². The average Bonchev–Trinajstić information content (AvgIpc) is 2.98. The number of likely N-dealkylation sites (N-methyl/N-ethyl adjacent to an activating group) is 1. The zero-order valence-electron chi connectivity index (χ0n) is 11.2. The summed E-state index contributed by atoms with van der Waals surface area (Å²) >= 11 is 0. The first-order chi connectivity index (χ1) is 8.10. The van der Waals surface area contributed by atoms with Crippen molar-refractivity contribution in [1.82, 2.24) is 14.7 Å². The van der Waals surface area contributed by atoms with E-state index in [4.69, 9.17) is 5.73 Å². The van der Waals surface area contributed by atoms with E-state index in [0.717, 1.165) is 6.54 Å². The molecule has 17 heavy (non-hydrogen) atoms. The van der Waals surface area contributed by atoms with Crippen molar-refractivity contribution in [3.8, 4) is 0 Å². The summed E-state index contributed by atoms with van der Waals surface area (Å²) in [5.41, 5.74) is 7.80. The van der Waals surface area contributed by atoms with Gasteiger partial charge in [-0.1, -0.05) is 12.8 Å². The SMILES string of the molecule is CCn1cc(C(N)C2(N(C)C)CCCC2)cn1. The van der Waals surface area contributed by atoms with E-state index in [2.05, 4.69) is 37.2 Å². The highest BCUT2D eigenvalue weighted by Crippen LogP contribution is 2.41. The number of hydrogen-bond donors (Lipinski definition) is 1. The molecule has 0 aromatic carbocycles. The molecule has 4 nitrogen and oxygen atoms in total. The summed E-state index contributed by atoms with van der Waals surface area (Å²) in [6.07, 6.45) is 8.98. The predicted molar refractivity (Wildman–Crippen MR) is 69.7 cm³/mol. The standard InChI is InChI=1S/C13H24N4/c1-4-17-10-11(9-15-17)12(14)13(16(2)3)7-5-6-8-13/h9-10,12H,4-8,14H2,1-3H3. The van der Waals surface area contributed by atoms with E-state index >= 15 is 0 Å². The van der Waals surface area contributed by atoms with Crippen LogP contribution in [0.15, 0.2) is 12.4 Å². The molecular formula is C13H24N4. The normalized spacial score (nSPS) is 21.0. The van der Waals surface area contributed by atoms with E-state index in [1.807, 2.05) is 10.9 Å². The van der Waals surface area contributed by atoms with Crippen LogP contribution in [0.4, 0.5) is 0 Å². The molecular weight excluding hydrogens is 212 g/mol. The van der Waals surface area contributed by atoms with E-state index in [9.17, 15) is 0 Å². The van der Waals surface area contributed by atoms with Crippen molar-refractivity contribution in [2.24, 2.45) is 5.73 Å². The van der Waals surface area contributed by atoms with Crippen molar-refractivity contribution in [2.75, 3.05) is 14.1 Å². The lowest BCUT2D eigenvalue weighted by molar-refractivity contribution is 0.123. The van der Waals surface area contributed by atoms with Crippen LogP contribution < -0.4 is 5.73 Å². The van der Waals surface area contributed by atoms with Crippen molar-refractivity contribution in [1.29, 1.82) is 0 Å². The smallest absolute Gasteiger partial charge is 0.0538 e. The van der Waals surface area contributed by atoms with E-state index in [0.29, 0.717) is 0 Å². The molecule has 1 atom stereocenters. The summed E-state index contributed by atoms with van der Waals surface area (Å²) in [6.45, 7) is 3.00. The van der Waals surface area contributed by atoms with Gasteiger partial charge < -0.3 is 10.6 Å². The maximum absolute atomic E-state index is 6.51. The molecule has 1 aliphatic rings. The summed E-state index contributed by atoms with van der Waals surface area (Å²) in [7, 11) is 4.30. The van der Waals surface area contributed by atoms with Gasteiger partial charge in [-0.2, -0.15) is 5.10 Å². The Morgan fingerprint density at radius 1 is 1.47 bits per heavy atom. The first-order valence-electron chi connectivity index (χ1n) is 6.55. The van der Waals surface area contributed by atoms with Crippen molar-refractivity contribution in [2.45, 2.75) is 50.7 Å². The molecule has 1 fully saturated rings. The highest BCUT2D eigenvalue weighted by atomic mass is 15.3. The molecule has 1 saturated carbocycles. The van der Waals surface area contributed by atoms with Crippen molar-refractivity contribution < 1.29 is 0 Å². The number of nitrogens with zero attached hydrogens (tertiary/aromatic N) is 3. The molecule has 0 bridgehead atoms. The number of aromatic nitrogens is 2. The average molecular weight is 236 g/mol. The lowest BCUT2D eigenvalue weighted by Gasteiger charge is -2.41. The van der Waals surface area contributed by atoms with Crippen LogP contribution in [0.1, 0.15) is 44.2 Å². The maximum Gasteiger partial charge on any atom is 0.0538 e. The van der Waals surface area contributed by atoms with Crippen molar-refractivity contribution in [3.05, 3.63) is 18.0 Å². The number of nitrogens with two attached hydrogens (primary N) is 1. The van der Waals surface area contributed by atoms with Gasteiger partial charge >= 0.3 is 0 Å². The Balaban J connectivity index is 2.24. The Kier molecular flexibility index (Phi) is 3.54. The highest BCUT2D eigenvalue weighted by Gasteiger charge is 2.42. The maximum atomic E-state index is 6.51. The first kappa shape index (κ1) is 12.6. The Bertz CT molecular complexity index is 363. The fourth-order valence-electron chi connectivity index (χ4n) is 3.05. The zero-order chi connectivity index (χ0) is 12.5. The summed E-state index contributed by atoms with van der Waals surface area (Å²) in [6, 6.07) is 0.0697. The van der Waals surface area contributed by atoms with Gasteiger partial charge in [0.1, 0.15) is 0 Å². The van der Waals surface area contributed by atoms with Crippen LogP contribution in [0.2, 0.25) is 0 Å². The minimum absolute atomic E-state index is 0.0697. The predicted octanol–water partition coefficient (Wildman–Crippen LogP) is 1.78. The summed E-state index contributed by atoms with van der Waals surface area (Å²) < 4.78 is 1.95. The molecule has 1 aromatic rings. The molecule has 0 amide bonds.